The van der Waals surface area contributed by atoms with Crippen LogP contribution in [0.2, 0.25) is 5.02 Å². The molecule has 0 spiro atoms. The van der Waals surface area contributed by atoms with E-state index in [4.69, 9.17) is 21.1 Å². The Labute approximate surface area is 78.5 Å². The number of benzene rings is 1. The summed E-state index contributed by atoms with van der Waals surface area (Å²) in [5.41, 5.74) is 0.588. The van der Waals surface area contributed by atoms with Crippen molar-refractivity contribution >= 4 is 28.5 Å². The predicted molar refractivity (Wildman–Crippen MR) is 48.2 cm³/mol. The number of hydrogen-bond acceptors (Lipinski definition) is 2. The zero-order valence-electron chi connectivity index (χ0n) is 6.45. The molecule has 66 valence electrons. The van der Waals surface area contributed by atoms with Crippen LogP contribution in [0.25, 0.3) is 11.0 Å². The summed E-state index contributed by atoms with van der Waals surface area (Å²) in [5, 5.41) is 9.63. The Morgan fingerprint density at radius 3 is 2.92 bits per heavy atom. The average molecular weight is 197 g/mol. The van der Waals surface area contributed by atoms with Gasteiger partial charge in [0, 0.05) is 0 Å². The van der Waals surface area contributed by atoms with Crippen LogP contribution in [-0.2, 0) is 0 Å². The minimum absolute atomic E-state index is 0.0978. The van der Waals surface area contributed by atoms with Gasteiger partial charge in [-0.3, -0.25) is 0 Å². The van der Waals surface area contributed by atoms with Crippen LogP contribution >= 0.6 is 11.6 Å². The van der Waals surface area contributed by atoms with Gasteiger partial charge in [0.1, 0.15) is 17.4 Å². The summed E-state index contributed by atoms with van der Waals surface area (Å²) in [5.74, 6) is -1.04. The largest absolute Gasteiger partial charge is 0.478 e. The molecule has 1 heterocycles. The van der Waals surface area contributed by atoms with Crippen LogP contribution in [0, 0.1) is 0 Å². The first kappa shape index (κ1) is 8.13. The summed E-state index contributed by atoms with van der Waals surface area (Å²) in [6, 6.07) is 5.01. The smallest absolute Gasteiger partial charge is 0.339 e. The second kappa shape index (κ2) is 2.78. The predicted octanol–water partition coefficient (Wildman–Crippen LogP) is 2.78. The van der Waals surface area contributed by atoms with Gasteiger partial charge in [-0.25, -0.2) is 4.79 Å². The van der Waals surface area contributed by atoms with Crippen LogP contribution in [0.5, 0.6) is 0 Å². The van der Waals surface area contributed by atoms with E-state index in [9.17, 15) is 4.79 Å². The third kappa shape index (κ3) is 1.17. The standard InChI is InChI=1S/C9H5ClO3/c10-6-2-1-3-7-8(6)5(4-13-7)9(11)12/h1-4H,(H,11,12). The summed E-state index contributed by atoms with van der Waals surface area (Å²) in [6.07, 6.45) is 1.19. The fourth-order valence-corrected chi connectivity index (χ4v) is 1.47. The quantitative estimate of drug-likeness (QED) is 0.763. The van der Waals surface area contributed by atoms with Crippen molar-refractivity contribution in [2.24, 2.45) is 0 Å². The molecule has 4 heteroatoms. The van der Waals surface area contributed by atoms with E-state index in [-0.39, 0.29) is 5.56 Å². The van der Waals surface area contributed by atoms with E-state index in [0.29, 0.717) is 16.0 Å². The summed E-state index contributed by atoms with van der Waals surface area (Å²) < 4.78 is 5.03. The molecule has 2 aromatic rings. The lowest BCUT2D eigenvalue weighted by molar-refractivity contribution is 0.0698. The van der Waals surface area contributed by atoms with Crippen molar-refractivity contribution in [3.63, 3.8) is 0 Å². The monoisotopic (exact) mass is 196 g/mol. The van der Waals surface area contributed by atoms with E-state index in [1.165, 1.54) is 6.26 Å². The number of rotatable bonds is 1. The van der Waals surface area contributed by atoms with Gasteiger partial charge in [-0.05, 0) is 12.1 Å². The Balaban J connectivity index is 2.86. The molecule has 1 aromatic carbocycles. The molecule has 0 amide bonds. The van der Waals surface area contributed by atoms with Crippen LogP contribution in [0.3, 0.4) is 0 Å². The topological polar surface area (TPSA) is 50.4 Å². The van der Waals surface area contributed by atoms with Crippen LogP contribution in [-0.4, -0.2) is 11.1 Å². The van der Waals surface area contributed by atoms with E-state index in [1.807, 2.05) is 0 Å². The maximum absolute atomic E-state index is 10.7. The molecule has 2 rings (SSSR count). The molecule has 0 atom stereocenters. The maximum atomic E-state index is 10.7. The van der Waals surface area contributed by atoms with Crippen LogP contribution in [0.4, 0.5) is 0 Å². The Kier molecular flexibility index (Phi) is 1.74. The number of aromatic carboxylic acids is 1. The molecule has 0 saturated carbocycles. The number of carbonyl (C=O) groups is 1. The molecule has 0 aliphatic rings. The number of hydrogen-bond donors (Lipinski definition) is 1. The van der Waals surface area contributed by atoms with Gasteiger partial charge in [0.2, 0.25) is 0 Å². The lowest BCUT2D eigenvalue weighted by Gasteiger charge is -1.92. The highest BCUT2D eigenvalue weighted by atomic mass is 35.5. The molecule has 0 unspecified atom stereocenters. The Morgan fingerprint density at radius 1 is 1.46 bits per heavy atom. The van der Waals surface area contributed by atoms with Gasteiger partial charge in [0.15, 0.2) is 0 Å². The number of furan rings is 1. The first-order valence-electron chi connectivity index (χ1n) is 3.59. The van der Waals surface area contributed by atoms with E-state index in [2.05, 4.69) is 0 Å². The minimum Gasteiger partial charge on any atom is -0.478 e. The van der Waals surface area contributed by atoms with E-state index in [1.54, 1.807) is 18.2 Å². The van der Waals surface area contributed by atoms with Crippen molar-refractivity contribution in [1.82, 2.24) is 0 Å². The fourth-order valence-electron chi connectivity index (χ4n) is 1.20. The third-order valence-electron chi connectivity index (χ3n) is 1.78. The van der Waals surface area contributed by atoms with Gasteiger partial charge in [0.05, 0.1) is 10.4 Å². The second-order valence-electron chi connectivity index (χ2n) is 2.57. The van der Waals surface area contributed by atoms with Crippen LogP contribution in [0.15, 0.2) is 28.9 Å². The second-order valence-corrected chi connectivity index (χ2v) is 2.97. The number of fused-ring (bicyclic) bond motifs is 1. The van der Waals surface area contributed by atoms with Crippen molar-refractivity contribution in [1.29, 1.82) is 0 Å². The normalized spacial score (nSPS) is 10.5. The van der Waals surface area contributed by atoms with Crippen molar-refractivity contribution in [2.45, 2.75) is 0 Å². The van der Waals surface area contributed by atoms with Gasteiger partial charge in [-0.2, -0.15) is 0 Å². The van der Waals surface area contributed by atoms with Gasteiger partial charge < -0.3 is 9.52 Å². The molecule has 1 N–H and O–H groups in total. The maximum Gasteiger partial charge on any atom is 0.339 e. The van der Waals surface area contributed by atoms with Gasteiger partial charge in [-0.1, -0.05) is 17.7 Å². The summed E-state index contributed by atoms with van der Waals surface area (Å²) in [6.45, 7) is 0. The molecule has 0 aliphatic heterocycles. The number of carboxylic acids is 1. The molecule has 0 saturated heterocycles. The van der Waals surface area contributed by atoms with Gasteiger partial charge in [-0.15, -0.1) is 0 Å². The molecule has 0 fully saturated rings. The van der Waals surface area contributed by atoms with E-state index in [0.717, 1.165) is 0 Å². The highest BCUT2D eigenvalue weighted by Crippen LogP contribution is 2.28. The van der Waals surface area contributed by atoms with Crippen molar-refractivity contribution in [2.75, 3.05) is 0 Å². The summed E-state index contributed by atoms with van der Waals surface area (Å²) in [7, 11) is 0. The Bertz CT molecular complexity index is 473. The van der Waals surface area contributed by atoms with Gasteiger partial charge in [0.25, 0.3) is 0 Å². The Hall–Kier alpha value is -1.48. The molecule has 0 bridgehead atoms. The van der Waals surface area contributed by atoms with Crippen LogP contribution in [0.1, 0.15) is 10.4 Å². The first-order valence-corrected chi connectivity index (χ1v) is 3.97. The lowest BCUT2D eigenvalue weighted by Crippen LogP contribution is -1.93. The molecule has 13 heavy (non-hydrogen) atoms. The zero-order valence-corrected chi connectivity index (χ0v) is 7.21. The summed E-state index contributed by atoms with van der Waals surface area (Å²) in [4.78, 5) is 10.7. The van der Waals surface area contributed by atoms with Crippen molar-refractivity contribution < 1.29 is 14.3 Å². The summed E-state index contributed by atoms with van der Waals surface area (Å²) >= 11 is 5.82. The van der Waals surface area contributed by atoms with E-state index >= 15 is 0 Å². The average Bonchev–Trinajstić information content (AvgIpc) is 2.49. The van der Waals surface area contributed by atoms with Gasteiger partial charge >= 0.3 is 5.97 Å². The first-order chi connectivity index (χ1) is 6.20. The minimum atomic E-state index is -1.04. The molecule has 3 nitrogen and oxygen atoms in total. The van der Waals surface area contributed by atoms with Crippen molar-refractivity contribution in [3.8, 4) is 0 Å². The number of carboxylic acid groups (broad SMARTS) is 1. The highest BCUT2D eigenvalue weighted by molar-refractivity contribution is 6.36. The molecule has 1 aromatic heterocycles. The SMILES string of the molecule is O=C(O)c1coc2cccc(Cl)c12. The third-order valence-corrected chi connectivity index (χ3v) is 2.09. The lowest BCUT2D eigenvalue weighted by atomic mass is 10.2. The molecular weight excluding hydrogens is 192 g/mol. The molecule has 0 aliphatic carbocycles. The highest BCUT2D eigenvalue weighted by Gasteiger charge is 2.14. The fraction of sp³-hybridized carbons (Fsp3) is 0. The van der Waals surface area contributed by atoms with E-state index < -0.39 is 5.97 Å². The van der Waals surface area contributed by atoms with Crippen LogP contribution < -0.4 is 0 Å². The molecule has 0 radical (unpaired) electrons. The number of halogens is 1. The molecular formula is C9H5ClO3. The Morgan fingerprint density at radius 2 is 2.23 bits per heavy atom. The van der Waals surface area contributed by atoms with Crippen molar-refractivity contribution in [3.05, 3.63) is 35.0 Å². The zero-order chi connectivity index (χ0) is 9.42.